The summed E-state index contributed by atoms with van der Waals surface area (Å²) in [7, 11) is 1.50. The highest BCUT2D eigenvalue weighted by Gasteiger charge is 2.65. The summed E-state index contributed by atoms with van der Waals surface area (Å²) in [4.78, 5) is 19.4. The fourth-order valence-corrected chi connectivity index (χ4v) is 7.32. The van der Waals surface area contributed by atoms with Gasteiger partial charge in [-0.15, -0.1) is 0 Å². The summed E-state index contributed by atoms with van der Waals surface area (Å²) in [6.07, 6.45) is 11.9. The van der Waals surface area contributed by atoms with Gasteiger partial charge in [0.15, 0.2) is 17.6 Å². The number of likely N-dealkylation sites (tertiary alicyclic amines) is 1. The number of hydrogen-bond acceptors (Lipinski definition) is 6. The summed E-state index contributed by atoms with van der Waals surface area (Å²) in [5.41, 5.74) is 7.81. The van der Waals surface area contributed by atoms with Crippen LogP contribution in [-0.2, 0) is 16.6 Å². The normalized spacial score (nSPS) is 33.6. The van der Waals surface area contributed by atoms with Crippen molar-refractivity contribution < 1.29 is 19.4 Å². The first-order valence-corrected chi connectivity index (χ1v) is 12.3. The number of rotatable bonds is 2. The van der Waals surface area contributed by atoms with Crippen LogP contribution in [0.15, 0.2) is 48.8 Å². The second kappa shape index (κ2) is 8.01. The van der Waals surface area contributed by atoms with Gasteiger partial charge < -0.3 is 25.2 Å². The molecule has 1 aromatic carbocycles. The largest absolute Gasteiger partial charge is 0.504 e. The molecule has 2 fully saturated rings. The van der Waals surface area contributed by atoms with Crippen molar-refractivity contribution in [2.45, 2.75) is 55.8 Å². The predicted octanol–water partition coefficient (Wildman–Crippen LogP) is 3.86. The van der Waals surface area contributed by atoms with Gasteiger partial charge in [-0.05, 0) is 80.3 Å². The maximum atomic E-state index is 13.3. The molecule has 34 heavy (non-hydrogen) atoms. The van der Waals surface area contributed by atoms with E-state index >= 15 is 0 Å². The van der Waals surface area contributed by atoms with Crippen molar-refractivity contribution in [3.05, 3.63) is 65.5 Å². The van der Waals surface area contributed by atoms with Crippen LogP contribution in [0.3, 0.4) is 0 Å². The summed E-state index contributed by atoms with van der Waals surface area (Å²) < 4.78 is 12.6. The maximum absolute atomic E-state index is 13.3. The lowest BCUT2D eigenvalue weighted by atomic mass is 9.59. The second-order valence-corrected chi connectivity index (χ2v) is 9.93. The van der Waals surface area contributed by atoms with E-state index in [2.05, 4.69) is 22.9 Å². The first-order chi connectivity index (χ1) is 16.7. The number of phenolic OH excluding ortho intramolecular Hbond substituents is 1. The Morgan fingerprint density at radius 2 is 2.15 bits per heavy atom. The lowest BCUT2D eigenvalue weighted by Gasteiger charge is -2.45. The minimum absolute atomic E-state index is 0.00226. The number of aromatic hydroxyl groups is 1. The van der Waals surface area contributed by atoms with Crippen LogP contribution in [0.1, 0.15) is 48.4 Å². The zero-order valence-electron chi connectivity index (χ0n) is 19.4. The molecule has 7 heteroatoms. The van der Waals surface area contributed by atoms with Crippen LogP contribution in [0.25, 0.3) is 0 Å². The molecule has 3 heterocycles. The van der Waals surface area contributed by atoms with E-state index in [0.717, 1.165) is 37.7 Å². The SMILES string of the molecule is CN.O=C(O[C@H]1C=C[C@H]2[C@@H]3CCC24c2c(ccc(O)c2O[C@@H]14)C3)N1CCC[C@@H]1c1cccnc1. The zero-order chi connectivity index (χ0) is 23.4. The summed E-state index contributed by atoms with van der Waals surface area (Å²) in [5, 5.41) is 10.6. The topological polar surface area (TPSA) is 97.9 Å². The number of benzene rings is 1. The molecule has 1 aromatic heterocycles. The van der Waals surface area contributed by atoms with Crippen LogP contribution in [0.4, 0.5) is 4.79 Å². The van der Waals surface area contributed by atoms with E-state index in [4.69, 9.17) is 9.47 Å². The second-order valence-electron chi connectivity index (χ2n) is 9.93. The van der Waals surface area contributed by atoms with Crippen molar-refractivity contribution in [2.24, 2.45) is 17.6 Å². The Morgan fingerprint density at radius 3 is 2.97 bits per heavy atom. The Morgan fingerprint density at radius 1 is 1.26 bits per heavy atom. The molecule has 3 N–H and O–H groups in total. The minimum atomic E-state index is -0.467. The third-order valence-electron chi connectivity index (χ3n) is 8.55. The van der Waals surface area contributed by atoms with E-state index < -0.39 is 6.10 Å². The Bertz CT molecular complexity index is 1140. The summed E-state index contributed by atoms with van der Waals surface area (Å²) in [6, 6.07) is 7.73. The summed E-state index contributed by atoms with van der Waals surface area (Å²) in [6.45, 7) is 0.682. The Kier molecular flexibility index (Phi) is 5.06. The number of allylic oxidation sites excluding steroid dienone is 1. The average Bonchev–Trinajstić information content (AvgIpc) is 3.57. The Hall–Kier alpha value is -3.06. The van der Waals surface area contributed by atoms with Crippen LogP contribution in [-0.4, -0.2) is 46.9 Å². The molecule has 7 rings (SSSR count). The molecule has 2 aliphatic heterocycles. The van der Waals surface area contributed by atoms with E-state index in [9.17, 15) is 9.90 Å². The lowest BCUT2D eigenvalue weighted by Crippen LogP contribution is -2.54. The third kappa shape index (κ3) is 2.86. The molecule has 178 valence electrons. The number of nitrogens with two attached hydrogens (primary N) is 1. The van der Waals surface area contributed by atoms with Gasteiger partial charge >= 0.3 is 6.09 Å². The fraction of sp³-hybridized carbons (Fsp3) is 0.481. The highest BCUT2D eigenvalue weighted by atomic mass is 16.6. The number of aromatic nitrogens is 1. The van der Waals surface area contributed by atoms with Crippen molar-refractivity contribution >= 4 is 6.09 Å². The van der Waals surface area contributed by atoms with E-state index in [-0.39, 0.29) is 29.4 Å². The lowest BCUT2D eigenvalue weighted by molar-refractivity contribution is -0.0157. The molecule has 1 unspecified atom stereocenters. The number of hydrogen-bond donors (Lipinski definition) is 2. The van der Waals surface area contributed by atoms with Crippen LogP contribution in [0, 0.1) is 11.8 Å². The van der Waals surface area contributed by atoms with Gasteiger partial charge in [-0.25, -0.2) is 4.79 Å². The maximum Gasteiger partial charge on any atom is 0.411 e. The highest BCUT2D eigenvalue weighted by molar-refractivity contribution is 5.70. The first kappa shape index (κ1) is 21.5. The van der Waals surface area contributed by atoms with E-state index in [1.54, 1.807) is 12.3 Å². The number of carbonyl (C=O) groups is 1. The highest BCUT2D eigenvalue weighted by Crippen LogP contribution is 2.66. The van der Waals surface area contributed by atoms with Gasteiger partial charge in [-0.2, -0.15) is 0 Å². The molecule has 3 aliphatic carbocycles. The van der Waals surface area contributed by atoms with Crippen LogP contribution in [0.2, 0.25) is 0 Å². The van der Waals surface area contributed by atoms with Crippen molar-refractivity contribution in [1.29, 1.82) is 0 Å². The first-order valence-electron chi connectivity index (χ1n) is 12.3. The van der Waals surface area contributed by atoms with E-state index in [1.807, 2.05) is 29.3 Å². The zero-order valence-corrected chi connectivity index (χ0v) is 19.4. The molecular weight excluding hydrogens is 430 g/mol. The summed E-state index contributed by atoms with van der Waals surface area (Å²) in [5.74, 6) is 1.77. The quantitative estimate of drug-likeness (QED) is 0.659. The molecule has 0 radical (unpaired) electrons. The number of carbonyl (C=O) groups excluding carboxylic acids is 1. The number of amides is 1. The minimum Gasteiger partial charge on any atom is -0.504 e. The molecule has 6 atom stereocenters. The summed E-state index contributed by atoms with van der Waals surface area (Å²) >= 11 is 0. The average molecular weight is 462 g/mol. The van der Waals surface area contributed by atoms with E-state index in [1.165, 1.54) is 18.2 Å². The molecule has 1 saturated carbocycles. The van der Waals surface area contributed by atoms with Crippen LogP contribution < -0.4 is 10.5 Å². The van der Waals surface area contributed by atoms with Gasteiger partial charge in [0, 0.05) is 29.9 Å². The van der Waals surface area contributed by atoms with Gasteiger partial charge in [0.2, 0.25) is 0 Å². The number of pyridine rings is 1. The monoisotopic (exact) mass is 461 g/mol. The molecule has 5 aliphatic rings. The molecular formula is C27H31N3O4. The van der Waals surface area contributed by atoms with Gasteiger partial charge in [0.1, 0.15) is 6.10 Å². The van der Waals surface area contributed by atoms with Gasteiger partial charge in [0.05, 0.1) is 6.04 Å². The van der Waals surface area contributed by atoms with Gasteiger partial charge in [-0.3, -0.25) is 4.98 Å². The van der Waals surface area contributed by atoms with Crippen molar-refractivity contribution in [3.8, 4) is 11.5 Å². The molecule has 2 bridgehead atoms. The number of ether oxygens (including phenoxy) is 2. The smallest absolute Gasteiger partial charge is 0.411 e. The van der Waals surface area contributed by atoms with Crippen LogP contribution >= 0.6 is 0 Å². The Balaban J connectivity index is 0.00000106. The van der Waals surface area contributed by atoms with Crippen molar-refractivity contribution in [2.75, 3.05) is 13.6 Å². The Labute approximate surface area is 199 Å². The standard InChI is InChI=1S/C26H26N2O4.CH5N/c29-20-7-5-16-13-15-9-10-26-18(15)6-8-21(24(26)32-23(20)22(16)26)31-25(30)28-12-2-4-19(28)17-3-1-11-27-14-17;1-2/h1,3,5-8,11,14-15,18-19,21,24,29H,2,4,9-10,12-13H2;2H2,1H3/t15-,18+,19-,21+,24+,26?;/m1./s1. The van der Waals surface area contributed by atoms with Crippen molar-refractivity contribution in [1.82, 2.24) is 9.88 Å². The van der Waals surface area contributed by atoms with E-state index in [0.29, 0.717) is 24.1 Å². The van der Waals surface area contributed by atoms with Gasteiger partial charge in [-0.1, -0.05) is 18.2 Å². The molecule has 2 aromatic rings. The predicted molar refractivity (Wildman–Crippen MR) is 127 cm³/mol. The van der Waals surface area contributed by atoms with Crippen molar-refractivity contribution in [3.63, 3.8) is 0 Å². The molecule has 7 nitrogen and oxygen atoms in total. The number of phenols is 1. The number of nitrogens with zero attached hydrogens (tertiary/aromatic N) is 2. The van der Waals surface area contributed by atoms with Gasteiger partial charge in [0.25, 0.3) is 0 Å². The fourth-order valence-electron chi connectivity index (χ4n) is 7.32. The molecule has 1 amide bonds. The van der Waals surface area contributed by atoms with Crippen LogP contribution in [0.5, 0.6) is 11.5 Å². The third-order valence-corrected chi connectivity index (χ3v) is 8.55. The molecule has 1 spiro atoms. The molecule has 1 saturated heterocycles.